The van der Waals surface area contributed by atoms with Crippen LogP contribution in [0.25, 0.3) is 10.9 Å². The monoisotopic (exact) mass is 310 g/mol. The van der Waals surface area contributed by atoms with Crippen molar-refractivity contribution < 1.29 is 9.18 Å². The minimum atomic E-state index is -0.273. The van der Waals surface area contributed by atoms with E-state index in [1.807, 2.05) is 6.07 Å². The number of carbonyl (C=O) groups is 1. The zero-order valence-corrected chi connectivity index (χ0v) is 12.3. The van der Waals surface area contributed by atoms with Crippen LogP contribution >= 0.6 is 0 Å². The Morgan fingerprint density at radius 2 is 2.04 bits per heavy atom. The lowest BCUT2D eigenvalue weighted by Crippen LogP contribution is -2.34. The molecule has 116 valence electrons. The summed E-state index contributed by atoms with van der Waals surface area (Å²) in [5.74, 6) is -0.273. The number of carbonyl (C=O) groups excluding carboxylic acids is 1. The summed E-state index contributed by atoms with van der Waals surface area (Å²) in [6.07, 6.45) is 2.54. The molecule has 23 heavy (non-hydrogen) atoms. The Bertz CT molecular complexity index is 872. The molecule has 0 saturated carbocycles. The Labute approximate surface area is 132 Å². The summed E-state index contributed by atoms with van der Waals surface area (Å²) >= 11 is 0. The topological polar surface area (TPSA) is 61.0 Å². The van der Waals surface area contributed by atoms with E-state index in [1.54, 1.807) is 23.2 Å². The third-order valence-electron chi connectivity index (χ3n) is 4.13. The van der Waals surface area contributed by atoms with Crippen LogP contribution in [0.2, 0.25) is 0 Å². The van der Waals surface area contributed by atoms with Crippen molar-refractivity contribution in [3.63, 3.8) is 0 Å². The standard InChI is InChI=1S/C17H15FN4O/c18-14-3-1-11(2-4-14)10-22-6-5-12-7-13-9-19-21-16(13)8-15(12)20-17(22)23/h1-4,7-9H,5-6,10H2,(H,19,21)(H,20,23). The Hall–Kier alpha value is -2.89. The predicted molar refractivity (Wildman–Crippen MR) is 85.6 cm³/mol. The molecule has 4 rings (SSSR count). The first kappa shape index (κ1) is 13.8. The van der Waals surface area contributed by atoms with Gasteiger partial charge in [-0.25, -0.2) is 9.18 Å². The van der Waals surface area contributed by atoms with E-state index in [0.29, 0.717) is 13.1 Å². The minimum Gasteiger partial charge on any atom is -0.320 e. The smallest absolute Gasteiger partial charge is 0.320 e. The van der Waals surface area contributed by atoms with Crippen LogP contribution < -0.4 is 5.32 Å². The molecule has 0 aliphatic carbocycles. The van der Waals surface area contributed by atoms with E-state index in [2.05, 4.69) is 21.6 Å². The molecular formula is C17H15FN4O. The van der Waals surface area contributed by atoms with Gasteiger partial charge in [-0.2, -0.15) is 5.10 Å². The van der Waals surface area contributed by atoms with Gasteiger partial charge in [-0.1, -0.05) is 12.1 Å². The maximum atomic E-state index is 13.0. The second-order valence-electron chi connectivity index (χ2n) is 5.69. The van der Waals surface area contributed by atoms with Crippen LogP contribution in [0.5, 0.6) is 0 Å². The third kappa shape index (κ3) is 2.63. The van der Waals surface area contributed by atoms with Crippen LogP contribution in [0.1, 0.15) is 11.1 Å². The van der Waals surface area contributed by atoms with Gasteiger partial charge >= 0.3 is 6.03 Å². The van der Waals surface area contributed by atoms with E-state index in [0.717, 1.165) is 34.1 Å². The summed E-state index contributed by atoms with van der Waals surface area (Å²) < 4.78 is 13.0. The Balaban J connectivity index is 1.58. The molecule has 3 aromatic rings. The maximum absolute atomic E-state index is 13.0. The van der Waals surface area contributed by atoms with Crippen LogP contribution in [0, 0.1) is 5.82 Å². The zero-order chi connectivity index (χ0) is 15.8. The summed E-state index contributed by atoms with van der Waals surface area (Å²) in [6, 6.07) is 10.1. The molecule has 1 aliphatic heterocycles. The molecule has 0 radical (unpaired) electrons. The van der Waals surface area contributed by atoms with Crippen molar-refractivity contribution in [2.75, 3.05) is 11.9 Å². The van der Waals surface area contributed by atoms with Crippen LogP contribution in [-0.2, 0) is 13.0 Å². The number of fused-ring (bicyclic) bond motifs is 2. The first-order valence-electron chi connectivity index (χ1n) is 7.45. The van der Waals surface area contributed by atoms with E-state index >= 15 is 0 Å². The van der Waals surface area contributed by atoms with Crippen LogP contribution in [0.4, 0.5) is 14.9 Å². The second kappa shape index (κ2) is 5.39. The van der Waals surface area contributed by atoms with Gasteiger partial charge in [0.1, 0.15) is 5.82 Å². The molecule has 2 aromatic carbocycles. The molecule has 2 N–H and O–H groups in total. The first-order valence-corrected chi connectivity index (χ1v) is 7.45. The minimum absolute atomic E-state index is 0.146. The molecule has 0 saturated heterocycles. The van der Waals surface area contributed by atoms with Crippen molar-refractivity contribution >= 4 is 22.6 Å². The van der Waals surface area contributed by atoms with Crippen molar-refractivity contribution in [3.8, 4) is 0 Å². The van der Waals surface area contributed by atoms with Gasteiger partial charge in [0.05, 0.1) is 11.7 Å². The fraction of sp³-hybridized carbons (Fsp3) is 0.176. The zero-order valence-electron chi connectivity index (χ0n) is 12.3. The molecule has 0 bridgehead atoms. The highest BCUT2D eigenvalue weighted by Crippen LogP contribution is 2.26. The van der Waals surface area contributed by atoms with E-state index < -0.39 is 0 Å². The molecule has 5 nitrogen and oxygen atoms in total. The second-order valence-corrected chi connectivity index (χ2v) is 5.69. The summed E-state index contributed by atoms with van der Waals surface area (Å²) in [4.78, 5) is 14.2. The summed E-state index contributed by atoms with van der Waals surface area (Å²) in [7, 11) is 0. The number of benzene rings is 2. The molecule has 2 heterocycles. The fourth-order valence-corrected chi connectivity index (χ4v) is 2.87. The summed E-state index contributed by atoms with van der Waals surface area (Å²) in [6.45, 7) is 1.07. The predicted octanol–water partition coefficient (Wildman–Crippen LogP) is 3.29. The number of hydrogen-bond acceptors (Lipinski definition) is 2. The van der Waals surface area contributed by atoms with Crippen molar-refractivity contribution in [3.05, 3.63) is 59.5 Å². The van der Waals surface area contributed by atoms with Crippen molar-refractivity contribution in [2.24, 2.45) is 0 Å². The van der Waals surface area contributed by atoms with Gasteiger partial charge in [-0.3, -0.25) is 5.10 Å². The van der Waals surface area contributed by atoms with Crippen LogP contribution in [-0.4, -0.2) is 27.7 Å². The number of amides is 2. The van der Waals surface area contributed by atoms with Gasteiger partial charge in [-0.05, 0) is 41.8 Å². The van der Waals surface area contributed by atoms with Crippen LogP contribution in [0.15, 0.2) is 42.6 Å². The number of urea groups is 1. The van der Waals surface area contributed by atoms with Gasteiger partial charge in [0.2, 0.25) is 0 Å². The van der Waals surface area contributed by atoms with E-state index in [-0.39, 0.29) is 11.8 Å². The number of rotatable bonds is 2. The third-order valence-corrected chi connectivity index (χ3v) is 4.13. The molecule has 2 amide bonds. The summed E-state index contributed by atoms with van der Waals surface area (Å²) in [5.41, 5.74) is 3.71. The Morgan fingerprint density at radius 1 is 1.22 bits per heavy atom. The van der Waals surface area contributed by atoms with Crippen molar-refractivity contribution in [2.45, 2.75) is 13.0 Å². The number of nitrogens with one attached hydrogen (secondary N) is 2. The average molecular weight is 310 g/mol. The molecule has 0 fully saturated rings. The van der Waals surface area contributed by atoms with E-state index in [4.69, 9.17) is 0 Å². The Morgan fingerprint density at radius 3 is 2.87 bits per heavy atom. The summed E-state index contributed by atoms with van der Waals surface area (Å²) in [5, 5.41) is 10.9. The lowest BCUT2D eigenvalue weighted by atomic mass is 10.1. The largest absolute Gasteiger partial charge is 0.322 e. The maximum Gasteiger partial charge on any atom is 0.322 e. The molecule has 0 atom stereocenters. The van der Waals surface area contributed by atoms with Gasteiger partial charge in [-0.15, -0.1) is 0 Å². The van der Waals surface area contributed by atoms with E-state index in [9.17, 15) is 9.18 Å². The fourth-order valence-electron chi connectivity index (χ4n) is 2.87. The SMILES string of the molecule is O=C1Nc2cc3[nH]ncc3cc2CCN1Cc1ccc(F)cc1. The molecule has 1 aromatic heterocycles. The number of nitrogens with zero attached hydrogens (tertiary/aromatic N) is 2. The lowest BCUT2D eigenvalue weighted by Gasteiger charge is -2.20. The quantitative estimate of drug-likeness (QED) is 0.763. The molecule has 1 aliphatic rings. The number of anilines is 1. The highest BCUT2D eigenvalue weighted by molar-refractivity contribution is 5.94. The van der Waals surface area contributed by atoms with Gasteiger partial charge in [0.15, 0.2) is 0 Å². The highest BCUT2D eigenvalue weighted by atomic mass is 19.1. The van der Waals surface area contributed by atoms with Gasteiger partial charge in [0, 0.05) is 24.2 Å². The molecule has 0 unspecified atom stereocenters. The number of aromatic nitrogens is 2. The molecule has 6 heteroatoms. The van der Waals surface area contributed by atoms with Gasteiger partial charge in [0.25, 0.3) is 0 Å². The van der Waals surface area contributed by atoms with Crippen molar-refractivity contribution in [1.82, 2.24) is 15.1 Å². The number of hydrogen-bond donors (Lipinski definition) is 2. The first-order chi connectivity index (χ1) is 11.2. The Kier molecular flexibility index (Phi) is 3.22. The average Bonchev–Trinajstić information content (AvgIpc) is 2.94. The normalized spacial score (nSPS) is 14.5. The lowest BCUT2D eigenvalue weighted by molar-refractivity contribution is 0.211. The highest BCUT2D eigenvalue weighted by Gasteiger charge is 2.20. The number of halogens is 1. The molecular weight excluding hydrogens is 295 g/mol. The van der Waals surface area contributed by atoms with Crippen molar-refractivity contribution in [1.29, 1.82) is 0 Å². The van der Waals surface area contributed by atoms with Gasteiger partial charge < -0.3 is 10.2 Å². The van der Waals surface area contributed by atoms with Crippen LogP contribution in [0.3, 0.4) is 0 Å². The molecule has 0 spiro atoms. The van der Waals surface area contributed by atoms with E-state index in [1.165, 1.54) is 12.1 Å². The number of H-pyrrole nitrogens is 1. The number of aromatic amines is 1.